The van der Waals surface area contributed by atoms with Crippen LogP contribution >= 0.6 is 0 Å². The molecule has 140 valence electrons. The highest BCUT2D eigenvalue weighted by Crippen LogP contribution is 2.03. The zero-order valence-electron chi connectivity index (χ0n) is 13.1. The number of esters is 2. The summed E-state index contributed by atoms with van der Waals surface area (Å²) in [5.74, 6) is -1.59. The summed E-state index contributed by atoms with van der Waals surface area (Å²) in [5, 5.41) is 0. The molecule has 12 nitrogen and oxygen atoms in total. The maximum absolute atomic E-state index is 11.9. The van der Waals surface area contributed by atoms with Gasteiger partial charge in [-0.25, -0.2) is 0 Å². The van der Waals surface area contributed by atoms with E-state index in [4.69, 9.17) is 0 Å². The lowest BCUT2D eigenvalue weighted by Gasteiger charge is -2.27. The highest BCUT2D eigenvalue weighted by molar-refractivity contribution is 7.89. The lowest BCUT2D eigenvalue weighted by atomic mass is 10.4. The number of nitrogens with one attached hydrogen (secondary N) is 4. The van der Waals surface area contributed by atoms with Crippen LogP contribution in [0.2, 0.25) is 0 Å². The first-order valence-electron chi connectivity index (χ1n) is 6.97. The van der Waals surface area contributed by atoms with Gasteiger partial charge in [0.05, 0.1) is 38.4 Å². The molecular weight excluding hydrogens is 368 g/mol. The van der Waals surface area contributed by atoms with Crippen molar-refractivity contribution in [2.24, 2.45) is 0 Å². The Morgan fingerprint density at radius 1 is 0.750 bits per heavy atom. The van der Waals surface area contributed by atoms with Gasteiger partial charge in [-0.1, -0.05) is 0 Å². The number of carbonyl (C=O) groups is 2. The van der Waals surface area contributed by atoms with E-state index in [9.17, 15) is 26.4 Å². The Bertz CT molecular complexity index is 580. The summed E-state index contributed by atoms with van der Waals surface area (Å²) in [7, 11) is -8.43. The van der Waals surface area contributed by atoms with Gasteiger partial charge in [-0.2, -0.15) is 35.7 Å². The lowest BCUT2D eigenvalue weighted by Crippen LogP contribution is -2.63. The second kappa shape index (κ2) is 8.68. The summed E-state index contributed by atoms with van der Waals surface area (Å²) in [6.45, 7) is 3.22. The fraction of sp³-hybridized carbons (Fsp3) is 0.800. The molecule has 1 fully saturated rings. The van der Waals surface area contributed by atoms with E-state index in [-0.39, 0.29) is 13.2 Å². The number of hydrogen-bond donors (Lipinski definition) is 4. The smallest absolute Gasteiger partial charge is 0.308 e. The minimum absolute atomic E-state index is 0.0587. The predicted molar refractivity (Wildman–Crippen MR) is 80.5 cm³/mol. The predicted octanol–water partition coefficient (Wildman–Crippen LogP) is -2.59. The van der Waals surface area contributed by atoms with Crippen molar-refractivity contribution >= 4 is 32.4 Å². The van der Waals surface area contributed by atoms with Gasteiger partial charge in [-0.15, -0.1) is 0 Å². The van der Waals surface area contributed by atoms with Gasteiger partial charge < -0.3 is 9.47 Å². The Balaban J connectivity index is 2.89. The van der Waals surface area contributed by atoms with E-state index in [2.05, 4.69) is 9.47 Å². The van der Waals surface area contributed by atoms with Crippen LogP contribution < -0.4 is 18.9 Å². The average Bonchev–Trinajstić information content (AvgIpc) is 2.34. The van der Waals surface area contributed by atoms with Crippen LogP contribution in [0.5, 0.6) is 0 Å². The number of hydrogen-bond acceptors (Lipinski definition) is 8. The highest BCUT2D eigenvalue weighted by atomic mass is 32.2. The zero-order chi connectivity index (χ0) is 18.4. The Morgan fingerprint density at radius 3 is 1.29 bits per heavy atom. The molecule has 0 atom stereocenters. The Hall–Kier alpha value is -1.32. The van der Waals surface area contributed by atoms with Gasteiger partial charge in [0.15, 0.2) is 0 Å². The van der Waals surface area contributed by atoms with E-state index in [1.165, 1.54) is 0 Å². The van der Waals surface area contributed by atoms with Crippen molar-refractivity contribution < 1.29 is 35.9 Å². The molecule has 0 saturated carbocycles. The summed E-state index contributed by atoms with van der Waals surface area (Å²) < 4.78 is 64.8. The van der Waals surface area contributed by atoms with Crippen LogP contribution in [0.4, 0.5) is 0 Å². The average molecular weight is 388 g/mol. The highest BCUT2D eigenvalue weighted by Gasteiger charge is 2.33. The van der Waals surface area contributed by atoms with Crippen LogP contribution in [0.3, 0.4) is 0 Å². The molecule has 0 aromatic carbocycles. The van der Waals surface area contributed by atoms with E-state index >= 15 is 0 Å². The maximum atomic E-state index is 11.9. The van der Waals surface area contributed by atoms with E-state index < -0.39 is 57.5 Å². The zero-order valence-corrected chi connectivity index (χ0v) is 14.7. The molecular formula is C10H20N4O8S2. The SMILES string of the molecule is CCOC(=O)CC1NS(=O)(=O)NC(CC(=O)OCC)NS(=O)(=O)N1. The summed E-state index contributed by atoms with van der Waals surface area (Å²) >= 11 is 0. The van der Waals surface area contributed by atoms with Crippen LogP contribution in [0.25, 0.3) is 0 Å². The molecule has 1 heterocycles. The molecule has 14 heteroatoms. The van der Waals surface area contributed by atoms with Crippen LogP contribution in [-0.2, 0) is 39.5 Å². The topological polar surface area (TPSA) is 169 Å². The first-order chi connectivity index (χ1) is 11.1. The van der Waals surface area contributed by atoms with E-state index in [1.54, 1.807) is 13.8 Å². The molecule has 0 unspecified atom stereocenters. The molecule has 0 radical (unpaired) electrons. The Morgan fingerprint density at radius 2 is 1.04 bits per heavy atom. The molecule has 1 saturated heterocycles. The third-order valence-electron chi connectivity index (χ3n) is 2.54. The van der Waals surface area contributed by atoms with Gasteiger partial charge in [0, 0.05) is 0 Å². The standard InChI is InChI=1S/C10H20N4O8S2/c1-3-21-9(15)5-7-11-23(17,18)13-8(6-10(16)22-4-2)14-24(19,20)12-7/h7-8,11-14H,3-6H2,1-2H3. The second-order valence-electron chi connectivity index (χ2n) is 4.60. The third-order valence-corrected chi connectivity index (χ3v) is 4.92. The van der Waals surface area contributed by atoms with Crippen LogP contribution in [0.15, 0.2) is 0 Å². The van der Waals surface area contributed by atoms with Gasteiger partial charge in [-0.05, 0) is 13.8 Å². The Kier molecular flexibility index (Phi) is 7.50. The number of carbonyl (C=O) groups excluding carboxylic acids is 2. The molecule has 1 rings (SSSR count). The van der Waals surface area contributed by atoms with Crippen molar-refractivity contribution in [3.05, 3.63) is 0 Å². The molecule has 0 bridgehead atoms. The van der Waals surface area contributed by atoms with Gasteiger partial charge in [-0.3, -0.25) is 9.59 Å². The van der Waals surface area contributed by atoms with Crippen molar-refractivity contribution in [2.75, 3.05) is 13.2 Å². The molecule has 1 aliphatic rings. The third kappa shape index (κ3) is 7.50. The quantitative estimate of drug-likeness (QED) is 0.359. The molecule has 0 spiro atoms. The van der Waals surface area contributed by atoms with Crippen LogP contribution in [0.1, 0.15) is 26.7 Å². The molecule has 0 aromatic heterocycles. The Labute approximate surface area is 140 Å². The fourth-order valence-corrected chi connectivity index (χ4v) is 4.16. The van der Waals surface area contributed by atoms with E-state index in [0.29, 0.717) is 0 Å². The van der Waals surface area contributed by atoms with Crippen LogP contribution in [0, 0.1) is 0 Å². The van der Waals surface area contributed by atoms with Gasteiger partial charge in [0.2, 0.25) is 0 Å². The number of ether oxygens (including phenoxy) is 2. The minimum Gasteiger partial charge on any atom is -0.466 e. The van der Waals surface area contributed by atoms with Crippen molar-refractivity contribution in [3.8, 4) is 0 Å². The summed E-state index contributed by atoms with van der Waals surface area (Å²) in [5.41, 5.74) is 0. The van der Waals surface area contributed by atoms with Crippen molar-refractivity contribution in [1.29, 1.82) is 0 Å². The largest absolute Gasteiger partial charge is 0.466 e. The van der Waals surface area contributed by atoms with E-state index in [0.717, 1.165) is 0 Å². The first kappa shape index (κ1) is 20.7. The summed E-state index contributed by atoms with van der Waals surface area (Å²) in [6.07, 6.45) is -4.03. The summed E-state index contributed by atoms with van der Waals surface area (Å²) in [4.78, 5) is 22.8. The van der Waals surface area contributed by atoms with Crippen LogP contribution in [-0.4, -0.2) is 54.3 Å². The molecule has 0 amide bonds. The molecule has 4 N–H and O–H groups in total. The van der Waals surface area contributed by atoms with Crippen molar-refractivity contribution in [2.45, 2.75) is 39.0 Å². The van der Waals surface area contributed by atoms with Gasteiger partial charge in [0.1, 0.15) is 0 Å². The van der Waals surface area contributed by atoms with Gasteiger partial charge in [0.25, 0.3) is 20.4 Å². The lowest BCUT2D eigenvalue weighted by molar-refractivity contribution is -0.144. The summed E-state index contributed by atoms with van der Waals surface area (Å²) in [6, 6.07) is 0. The maximum Gasteiger partial charge on any atom is 0.308 e. The molecule has 1 aliphatic heterocycles. The minimum atomic E-state index is -4.22. The molecule has 0 aromatic rings. The van der Waals surface area contributed by atoms with Crippen molar-refractivity contribution in [1.82, 2.24) is 18.9 Å². The fourth-order valence-electron chi connectivity index (χ4n) is 1.81. The monoisotopic (exact) mass is 388 g/mol. The molecule has 0 aliphatic carbocycles. The van der Waals surface area contributed by atoms with Crippen molar-refractivity contribution in [3.63, 3.8) is 0 Å². The normalized spacial score (nSPS) is 25.9. The van der Waals surface area contributed by atoms with Gasteiger partial charge >= 0.3 is 11.9 Å². The molecule has 24 heavy (non-hydrogen) atoms. The van der Waals surface area contributed by atoms with E-state index in [1.807, 2.05) is 18.9 Å². The first-order valence-corrected chi connectivity index (χ1v) is 9.94. The second-order valence-corrected chi connectivity index (χ2v) is 7.56. The number of rotatable bonds is 6.